The molecule has 4 heteroatoms. The monoisotopic (exact) mass is 239 g/mol. The third kappa shape index (κ3) is 3.04. The first-order chi connectivity index (χ1) is 7.75. The fraction of sp³-hybridized carbons (Fsp3) is 0.417. The molecule has 1 aliphatic heterocycles. The van der Waals surface area contributed by atoms with Gasteiger partial charge in [0, 0.05) is 19.5 Å². The molecule has 16 heavy (non-hydrogen) atoms. The summed E-state index contributed by atoms with van der Waals surface area (Å²) < 4.78 is 5.63. The smallest absolute Gasteiger partial charge is 0.226 e. The molecule has 1 aromatic rings. The van der Waals surface area contributed by atoms with Gasteiger partial charge in [-0.1, -0.05) is 24.3 Å². The molecule has 0 aliphatic carbocycles. The summed E-state index contributed by atoms with van der Waals surface area (Å²) in [5, 5.41) is 2.95. The van der Waals surface area contributed by atoms with Crippen molar-refractivity contribution >= 4 is 16.8 Å². The van der Waals surface area contributed by atoms with Crippen molar-refractivity contribution in [3.05, 3.63) is 35.4 Å². The van der Waals surface area contributed by atoms with Crippen LogP contribution in [0.25, 0.3) is 0 Å². The van der Waals surface area contributed by atoms with Gasteiger partial charge in [-0.3, -0.25) is 4.79 Å². The van der Waals surface area contributed by atoms with E-state index in [9.17, 15) is 4.79 Å². The molecule has 1 N–H and O–H groups in total. The Kier molecular flexibility index (Phi) is 3.93. The van der Waals surface area contributed by atoms with E-state index < -0.39 is 0 Å². The standard InChI is InChI=1S/C12H14ClNO2/c13-12(15)7-9-1-3-10(4-2-9)11-8-14-5-6-16-11/h1-4,11,14H,5-8H2. The molecule has 0 radical (unpaired) electrons. The first-order valence-electron chi connectivity index (χ1n) is 5.35. The summed E-state index contributed by atoms with van der Waals surface area (Å²) in [5.74, 6) is 0. The number of benzene rings is 1. The summed E-state index contributed by atoms with van der Waals surface area (Å²) >= 11 is 5.33. The second-order valence-corrected chi connectivity index (χ2v) is 4.26. The van der Waals surface area contributed by atoms with E-state index in [0.717, 1.165) is 30.8 Å². The summed E-state index contributed by atoms with van der Waals surface area (Å²) in [6.45, 7) is 2.50. The van der Waals surface area contributed by atoms with Crippen LogP contribution in [-0.2, 0) is 16.0 Å². The number of rotatable bonds is 3. The molecule has 1 aromatic carbocycles. The minimum Gasteiger partial charge on any atom is -0.371 e. The zero-order valence-corrected chi connectivity index (χ0v) is 9.67. The molecule has 1 heterocycles. The molecule has 2 rings (SSSR count). The van der Waals surface area contributed by atoms with Crippen molar-refractivity contribution in [3.8, 4) is 0 Å². The maximum absolute atomic E-state index is 10.7. The molecule has 1 fully saturated rings. The van der Waals surface area contributed by atoms with Gasteiger partial charge in [0.1, 0.15) is 0 Å². The lowest BCUT2D eigenvalue weighted by atomic mass is 10.0. The third-order valence-electron chi connectivity index (χ3n) is 2.62. The van der Waals surface area contributed by atoms with Crippen LogP contribution in [0.15, 0.2) is 24.3 Å². The van der Waals surface area contributed by atoms with Gasteiger partial charge >= 0.3 is 0 Å². The molecule has 1 atom stereocenters. The zero-order chi connectivity index (χ0) is 11.4. The van der Waals surface area contributed by atoms with Crippen LogP contribution >= 0.6 is 11.6 Å². The summed E-state index contributed by atoms with van der Waals surface area (Å²) in [5.41, 5.74) is 2.07. The van der Waals surface area contributed by atoms with Crippen LogP contribution in [0.4, 0.5) is 0 Å². The summed E-state index contributed by atoms with van der Waals surface area (Å²) in [6, 6.07) is 7.83. The van der Waals surface area contributed by atoms with Crippen molar-refractivity contribution in [2.24, 2.45) is 0 Å². The van der Waals surface area contributed by atoms with Gasteiger partial charge in [-0.25, -0.2) is 0 Å². The van der Waals surface area contributed by atoms with Crippen molar-refractivity contribution < 1.29 is 9.53 Å². The molecule has 86 valence electrons. The van der Waals surface area contributed by atoms with E-state index in [1.165, 1.54) is 0 Å². The molecule has 3 nitrogen and oxygen atoms in total. The van der Waals surface area contributed by atoms with Crippen LogP contribution < -0.4 is 5.32 Å². The van der Waals surface area contributed by atoms with Gasteiger partial charge in [0.25, 0.3) is 0 Å². The van der Waals surface area contributed by atoms with E-state index in [1.54, 1.807) is 0 Å². The second-order valence-electron chi connectivity index (χ2n) is 3.84. The number of ether oxygens (including phenoxy) is 1. The van der Waals surface area contributed by atoms with Gasteiger partial charge in [0.05, 0.1) is 12.7 Å². The van der Waals surface area contributed by atoms with Crippen LogP contribution in [0.1, 0.15) is 17.2 Å². The average Bonchev–Trinajstić information content (AvgIpc) is 2.30. The van der Waals surface area contributed by atoms with Crippen LogP contribution in [0, 0.1) is 0 Å². The third-order valence-corrected chi connectivity index (χ3v) is 2.76. The van der Waals surface area contributed by atoms with Crippen LogP contribution in [-0.4, -0.2) is 24.9 Å². The molecule has 0 saturated carbocycles. The Bertz CT molecular complexity index is 358. The number of carbonyl (C=O) groups is 1. The Morgan fingerprint density at radius 1 is 1.44 bits per heavy atom. The molecule has 0 spiro atoms. The van der Waals surface area contributed by atoms with Gasteiger partial charge in [-0.05, 0) is 22.7 Å². The van der Waals surface area contributed by atoms with Gasteiger partial charge in [-0.2, -0.15) is 0 Å². The predicted octanol–water partition coefficient (Wildman–Crippen LogP) is 1.66. The second kappa shape index (κ2) is 5.43. The van der Waals surface area contributed by atoms with E-state index >= 15 is 0 Å². The first kappa shape index (κ1) is 11.6. The summed E-state index contributed by atoms with van der Waals surface area (Å²) in [7, 11) is 0. The Balaban J connectivity index is 2.03. The van der Waals surface area contributed by atoms with Gasteiger partial charge < -0.3 is 10.1 Å². The summed E-state index contributed by atoms with van der Waals surface area (Å²) in [4.78, 5) is 10.7. The van der Waals surface area contributed by atoms with Gasteiger partial charge in [0.2, 0.25) is 5.24 Å². The van der Waals surface area contributed by atoms with Crippen molar-refractivity contribution in [3.63, 3.8) is 0 Å². The number of morpholine rings is 1. The fourth-order valence-electron chi connectivity index (χ4n) is 1.79. The van der Waals surface area contributed by atoms with Gasteiger partial charge in [0.15, 0.2) is 0 Å². The van der Waals surface area contributed by atoms with E-state index in [1.807, 2.05) is 24.3 Å². The molecular formula is C12H14ClNO2. The topological polar surface area (TPSA) is 38.3 Å². The maximum Gasteiger partial charge on any atom is 0.226 e. The minimum absolute atomic E-state index is 0.120. The normalized spacial score (nSPS) is 20.7. The van der Waals surface area contributed by atoms with Crippen LogP contribution in [0.5, 0.6) is 0 Å². The quantitative estimate of drug-likeness (QED) is 0.816. The lowest BCUT2D eigenvalue weighted by molar-refractivity contribution is -0.111. The number of nitrogens with one attached hydrogen (secondary N) is 1. The van der Waals surface area contributed by atoms with Crippen molar-refractivity contribution in [2.75, 3.05) is 19.7 Å². The predicted molar refractivity (Wildman–Crippen MR) is 62.6 cm³/mol. The Hall–Kier alpha value is -0.900. The van der Waals surface area contributed by atoms with E-state index in [4.69, 9.17) is 16.3 Å². The highest BCUT2D eigenvalue weighted by Gasteiger charge is 2.15. The average molecular weight is 240 g/mol. The lowest BCUT2D eigenvalue weighted by Gasteiger charge is -2.24. The highest BCUT2D eigenvalue weighted by Crippen LogP contribution is 2.19. The highest BCUT2D eigenvalue weighted by atomic mass is 35.5. The Labute approximate surface area is 99.7 Å². The van der Waals surface area contributed by atoms with Crippen molar-refractivity contribution in [2.45, 2.75) is 12.5 Å². The highest BCUT2D eigenvalue weighted by molar-refractivity contribution is 6.63. The van der Waals surface area contributed by atoms with Gasteiger partial charge in [-0.15, -0.1) is 0 Å². The van der Waals surface area contributed by atoms with E-state index in [2.05, 4.69) is 5.32 Å². The molecule has 0 aromatic heterocycles. The van der Waals surface area contributed by atoms with Crippen molar-refractivity contribution in [1.29, 1.82) is 0 Å². The number of hydrogen-bond donors (Lipinski definition) is 1. The maximum atomic E-state index is 10.7. The fourth-order valence-corrected chi connectivity index (χ4v) is 1.94. The molecule has 1 aliphatic rings. The molecule has 0 amide bonds. The molecular weight excluding hydrogens is 226 g/mol. The Morgan fingerprint density at radius 3 is 2.75 bits per heavy atom. The van der Waals surface area contributed by atoms with E-state index in [-0.39, 0.29) is 17.8 Å². The zero-order valence-electron chi connectivity index (χ0n) is 8.91. The Morgan fingerprint density at radius 2 is 2.19 bits per heavy atom. The first-order valence-corrected chi connectivity index (χ1v) is 5.73. The lowest BCUT2D eigenvalue weighted by Crippen LogP contribution is -2.33. The molecule has 1 saturated heterocycles. The number of halogens is 1. The number of carbonyl (C=O) groups excluding carboxylic acids is 1. The van der Waals surface area contributed by atoms with Crippen LogP contribution in [0.3, 0.4) is 0 Å². The van der Waals surface area contributed by atoms with E-state index in [0.29, 0.717) is 0 Å². The van der Waals surface area contributed by atoms with Crippen LogP contribution in [0.2, 0.25) is 0 Å². The molecule has 1 unspecified atom stereocenters. The van der Waals surface area contributed by atoms with Crippen molar-refractivity contribution in [1.82, 2.24) is 5.32 Å². The summed E-state index contributed by atoms with van der Waals surface area (Å²) in [6.07, 6.45) is 0.403. The molecule has 0 bridgehead atoms. The SMILES string of the molecule is O=C(Cl)Cc1ccc(C2CNCCO2)cc1. The number of hydrogen-bond acceptors (Lipinski definition) is 3. The largest absolute Gasteiger partial charge is 0.371 e. The minimum atomic E-state index is -0.330.